The summed E-state index contributed by atoms with van der Waals surface area (Å²) in [6.07, 6.45) is 1.44. The average molecular weight is 380 g/mol. The lowest BCUT2D eigenvalue weighted by molar-refractivity contribution is 0.988. The van der Waals surface area contributed by atoms with Gasteiger partial charge in [0, 0.05) is 4.90 Å². The molecule has 94 valence electrons. The van der Waals surface area contributed by atoms with Gasteiger partial charge in [-0.05, 0) is 45.5 Å². The molecule has 0 aliphatic heterocycles. The van der Waals surface area contributed by atoms with Crippen molar-refractivity contribution in [1.82, 2.24) is 9.97 Å². The van der Waals surface area contributed by atoms with Crippen LogP contribution in [0.2, 0.25) is 0 Å². The molecule has 0 saturated heterocycles. The van der Waals surface area contributed by atoms with Gasteiger partial charge in [0.2, 0.25) is 0 Å². The van der Waals surface area contributed by atoms with Crippen LogP contribution < -0.4 is 5.56 Å². The second-order valence-electron chi connectivity index (χ2n) is 3.96. The normalized spacial score (nSPS) is 10.8. The van der Waals surface area contributed by atoms with Crippen molar-refractivity contribution in [2.24, 2.45) is 0 Å². The third-order valence-electron chi connectivity index (χ3n) is 2.70. The van der Waals surface area contributed by atoms with Crippen LogP contribution in [0.25, 0.3) is 10.8 Å². The number of aromatic nitrogens is 2. The Morgan fingerprint density at radius 3 is 2.74 bits per heavy atom. The van der Waals surface area contributed by atoms with Crippen LogP contribution in [0.3, 0.4) is 0 Å². The van der Waals surface area contributed by atoms with Gasteiger partial charge in [0.15, 0.2) is 0 Å². The van der Waals surface area contributed by atoms with Crippen molar-refractivity contribution in [2.75, 3.05) is 0 Å². The molecule has 0 fully saturated rings. The van der Waals surface area contributed by atoms with Crippen LogP contribution >= 0.6 is 34.4 Å². The lowest BCUT2D eigenvalue weighted by Crippen LogP contribution is -2.10. The van der Waals surface area contributed by atoms with E-state index >= 15 is 0 Å². The minimum atomic E-state index is -0.0983. The van der Waals surface area contributed by atoms with Gasteiger partial charge in [-0.25, -0.2) is 4.98 Å². The highest BCUT2D eigenvalue weighted by atomic mass is 127. The van der Waals surface area contributed by atoms with Gasteiger partial charge in [-0.1, -0.05) is 42.1 Å². The highest BCUT2D eigenvalue weighted by Gasteiger charge is 2.07. The standard InChI is InChI=1S/C14H9IN2OS/c15-12-13(18)16-8-17-14(12)19-11-6-5-9-3-1-2-4-10(9)7-11/h1-8H,(H,16,17,18). The van der Waals surface area contributed by atoms with Crippen molar-refractivity contribution < 1.29 is 0 Å². The number of fused-ring (bicyclic) bond motifs is 1. The lowest BCUT2D eigenvalue weighted by Gasteiger charge is -2.04. The number of nitrogens with one attached hydrogen (secondary N) is 1. The van der Waals surface area contributed by atoms with Crippen molar-refractivity contribution in [2.45, 2.75) is 9.92 Å². The summed E-state index contributed by atoms with van der Waals surface area (Å²) in [5, 5.41) is 3.13. The molecule has 1 N–H and O–H groups in total. The topological polar surface area (TPSA) is 45.8 Å². The molecule has 0 spiro atoms. The number of hydrogen-bond acceptors (Lipinski definition) is 3. The molecule has 0 unspecified atom stereocenters. The number of halogens is 1. The fraction of sp³-hybridized carbons (Fsp3) is 0. The summed E-state index contributed by atoms with van der Waals surface area (Å²) in [5.74, 6) is 0. The second-order valence-corrected chi connectivity index (χ2v) is 6.10. The largest absolute Gasteiger partial charge is 0.312 e. The Kier molecular flexibility index (Phi) is 3.56. The van der Waals surface area contributed by atoms with E-state index in [0.717, 1.165) is 9.92 Å². The minimum Gasteiger partial charge on any atom is -0.312 e. The minimum absolute atomic E-state index is 0.0983. The van der Waals surface area contributed by atoms with Crippen molar-refractivity contribution in [3.8, 4) is 0 Å². The first-order valence-corrected chi connectivity index (χ1v) is 7.53. The van der Waals surface area contributed by atoms with Crippen LogP contribution in [0.5, 0.6) is 0 Å². The first-order valence-electron chi connectivity index (χ1n) is 5.64. The molecule has 0 bridgehead atoms. The third-order valence-corrected chi connectivity index (χ3v) is 5.06. The highest BCUT2D eigenvalue weighted by molar-refractivity contribution is 14.1. The zero-order valence-electron chi connectivity index (χ0n) is 9.76. The molecule has 0 saturated carbocycles. The molecule has 19 heavy (non-hydrogen) atoms. The summed E-state index contributed by atoms with van der Waals surface area (Å²) in [6.45, 7) is 0. The van der Waals surface area contributed by atoms with Crippen LogP contribution in [-0.4, -0.2) is 9.97 Å². The molecule has 3 nitrogen and oxygen atoms in total. The number of H-pyrrole nitrogens is 1. The molecular weight excluding hydrogens is 371 g/mol. The molecule has 0 aliphatic carbocycles. The molecule has 0 aliphatic rings. The van der Waals surface area contributed by atoms with Crippen LogP contribution in [0.4, 0.5) is 0 Å². The third kappa shape index (κ3) is 2.66. The zero-order chi connectivity index (χ0) is 13.2. The van der Waals surface area contributed by atoms with E-state index in [4.69, 9.17) is 0 Å². The molecule has 1 heterocycles. The SMILES string of the molecule is O=c1[nH]cnc(Sc2ccc3ccccc3c2)c1I. The predicted molar refractivity (Wildman–Crippen MR) is 85.6 cm³/mol. The molecule has 1 aromatic heterocycles. The number of rotatable bonds is 2. The van der Waals surface area contributed by atoms with Crippen molar-refractivity contribution in [3.05, 3.63) is 62.7 Å². The number of aromatic amines is 1. The van der Waals surface area contributed by atoms with Gasteiger partial charge in [0.05, 0.1) is 6.33 Å². The van der Waals surface area contributed by atoms with Crippen LogP contribution in [0.15, 0.2) is 63.5 Å². The smallest absolute Gasteiger partial charge is 0.265 e. The van der Waals surface area contributed by atoms with E-state index in [0.29, 0.717) is 3.57 Å². The maximum Gasteiger partial charge on any atom is 0.265 e. The average Bonchev–Trinajstić information content (AvgIpc) is 2.44. The van der Waals surface area contributed by atoms with Gasteiger partial charge >= 0.3 is 0 Å². The summed E-state index contributed by atoms with van der Waals surface area (Å²) >= 11 is 3.53. The summed E-state index contributed by atoms with van der Waals surface area (Å²) in [6, 6.07) is 14.4. The van der Waals surface area contributed by atoms with Crippen LogP contribution in [0.1, 0.15) is 0 Å². The van der Waals surface area contributed by atoms with Gasteiger partial charge < -0.3 is 4.98 Å². The first-order chi connectivity index (χ1) is 9.24. The van der Waals surface area contributed by atoms with E-state index in [2.05, 4.69) is 34.2 Å². The first kappa shape index (κ1) is 12.7. The molecule has 0 radical (unpaired) electrons. The van der Waals surface area contributed by atoms with Gasteiger partial charge in [-0.2, -0.15) is 0 Å². The Hall–Kier alpha value is -1.34. The molecule has 0 atom stereocenters. The summed E-state index contributed by atoms with van der Waals surface area (Å²) in [7, 11) is 0. The predicted octanol–water partition coefficient (Wildman–Crippen LogP) is 3.68. The number of nitrogens with zero attached hydrogens (tertiary/aromatic N) is 1. The van der Waals surface area contributed by atoms with E-state index in [9.17, 15) is 4.79 Å². The van der Waals surface area contributed by atoms with E-state index < -0.39 is 0 Å². The quantitative estimate of drug-likeness (QED) is 0.545. The van der Waals surface area contributed by atoms with E-state index in [1.165, 1.54) is 28.9 Å². The molecular formula is C14H9IN2OS. The van der Waals surface area contributed by atoms with Crippen LogP contribution in [-0.2, 0) is 0 Å². The zero-order valence-corrected chi connectivity index (χ0v) is 12.7. The maximum absolute atomic E-state index is 11.5. The number of hydrogen-bond donors (Lipinski definition) is 1. The van der Waals surface area contributed by atoms with E-state index in [1.54, 1.807) is 0 Å². The summed E-state index contributed by atoms with van der Waals surface area (Å²) in [4.78, 5) is 19.4. The maximum atomic E-state index is 11.5. The Bertz CT molecular complexity index is 801. The fourth-order valence-electron chi connectivity index (χ4n) is 1.78. The fourth-order valence-corrected chi connectivity index (χ4v) is 3.24. The molecule has 0 amide bonds. The van der Waals surface area contributed by atoms with E-state index in [-0.39, 0.29) is 5.56 Å². The Morgan fingerprint density at radius 1 is 1.11 bits per heavy atom. The van der Waals surface area contributed by atoms with Gasteiger partial charge in [0.1, 0.15) is 8.60 Å². The van der Waals surface area contributed by atoms with E-state index in [1.807, 2.05) is 40.8 Å². The van der Waals surface area contributed by atoms with Gasteiger partial charge in [-0.3, -0.25) is 4.79 Å². The highest BCUT2D eigenvalue weighted by Crippen LogP contribution is 2.30. The molecule has 3 aromatic rings. The molecule has 3 rings (SSSR count). The number of benzene rings is 2. The van der Waals surface area contributed by atoms with Crippen molar-refractivity contribution in [3.63, 3.8) is 0 Å². The van der Waals surface area contributed by atoms with Crippen LogP contribution in [0, 0.1) is 3.57 Å². The molecule has 2 aromatic carbocycles. The second kappa shape index (κ2) is 5.34. The van der Waals surface area contributed by atoms with Gasteiger partial charge in [-0.15, -0.1) is 0 Å². The summed E-state index contributed by atoms with van der Waals surface area (Å²) in [5.41, 5.74) is -0.0983. The summed E-state index contributed by atoms with van der Waals surface area (Å²) < 4.78 is 0.623. The monoisotopic (exact) mass is 380 g/mol. The van der Waals surface area contributed by atoms with Crippen molar-refractivity contribution in [1.29, 1.82) is 0 Å². The Morgan fingerprint density at radius 2 is 1.89 bits per heavy atom. The Labute approximate surface area is 127 Å². The van der Waals surface area contributed by atoms with Crippen molar-refractivity contribution >= 4 is 45.1 Å². The Balaban J connectivity index is 2.01. The van der Waals surface area contributed by atoms with Gasteiger partial charge in [0.25, 0.3) is 5.56 Å². The lowest BCUT2D eigenvalue weighted by atomic mass is 10.1. The molecule has 5 heteroatoms.